The number of nitrogens with zero attached hydrogens (tertiary/aromatic N) is 1. The highest BCUT2D eigenvalue weighted by molar-refractivity contribution is 5.91. The highest BCUT2D eigenvalue weighted by Gasteiger charge is 2.34. The summed E-state index contributed by atoms with van der Waals surface area (Å²) in [4.78, 5) is 38.7. The Morgan fingerprint density at radius 2 is 2.00 bits per heavy atom. The number of likely N-dealkylation sites (N-methyl/N-ethyl adjacent to an activating group) is 1. The monoisotopic (exact) mass is 388 g/mol. The molecular weight excluding hydrogens is 356 g/mol. The van der Waals surface area contributed by atoms with Crippen molar-refractivity contribution < 1.29 is 14.4 Å². The summed E-state index contributed by atoms with van der Waals surface area (Å²) in [5.74, 6) is -0.381. The average Bonchev–Trinajstić information content (AvgIpc) is 3.20. The third kappa shape index (κ3) is 6.14. The number of nitrogens with one attached hydrogen (secondary N) is 2. The largest absolute Gasteiger partial charge is 0.343 e. The van der Waals surface area contributed by atoms with Crippen LogP contribution in [0.25, 0.3) is 0 Å². The Labute approximate surface area is 167 Å². The van der Waals surface area contributed by atoms with Gasteiger partial charge in [0.1, 0.15) is 12.3 Å². The van der Waals surface area contributed by atoms with Crippen LogP contribution in [0.5, 0.6) is 0 Å². The van der Waals surface area contributed by atoms with Gasteiger partial charge in [-0.3, -0.25) is 9.59 Å². The molecule has 1 saturated heterocycles. The summed E-state index contributed by atoms with van der Waals surface area (Å²) >= 11 is 0. The topological polar surface area (TPSA) is 105 Å². The van der Waals surface area contributed by atoms with Crippen LogP contribution in [0, 0.1) is 0 Å². The molecule has 0 saturated carbocycles. The van der Waals surface area contributed by atoms with Crippen molar-refractivity contribution in [1.29, 1.82) is 0 Å². The quantitative estimate of drug-likeness (QED) is 0.381. The zero-order valence-corrected chi connectivity index (χ0v) is 16.6. The van der Waals surface area contributed by atoms with Crippen molar-refractivity contribution in [1.82, 2.24) is 15.5 Å². The molecule has 0 spiro atoms. The minimum Gasteiger partial charge on any atom is -0.343 e. The van der Waals surface area contributed by atoms with Crippen LogP contribution in [0.3, 0.4) is 0 Å². The zero-order valence-electron chi connectivity index (χ0n) is 16.6. The lowest BCUT2D eigenvalue weighted by molar-refractivity contribution is -0.139. The summed E-state index contributed by atoms with van der Waals surface area (Å²) in [5, 5.41) is 5.96. The number of aldehydes is 1. The van der Waals surface area contributed by atoms with E-state index in [2.05, 4.69) is 10.6 Å². The molecule has 28 heavy (non-hydrogen) atoms. The van der Waals surface area contributed by atoms with E-state index in [9.17, 15) is 14.4 Å². The van der Waals surface area contributed by atoms with Crippen molar-refractivity contribution in [2.75, 3.05) is 20.1 Å². The van der Waals surface area contributed by atoms with Gasteiger partial charge in [-0.25, -0.2) is 0 Å². The van der Waals surface area contributed by atoms with Crippen LogP contribution in [-0.2, 0) is 20.8 Å². The van der Waals surface area contributed by atoms with E-state index in [-0.39, 0.29) is 17.9 Å². The third-order valence-electron chi connectivity index (χ3n) is 5.25. The summed E-state index contributed by atoms with van der Waals surface area (Å²) in [6.07, 6.45) is 4.91. The van der Waals surface area contributed by atoms with Crippen LogP contribution in [0.2, 0.25) is 0 Å². The molecule has 1 aliphatic heterocycles. The number of rotatable bonds is 11. The number of hydrogen-bond donors (Lipinski definition) is 3. The first kappa shape index (κ1) is 22.0. The molecule has 2 amide bonds. The summed E-state index contributed by atoms with van der Waals surface area (Å²) in [6, 6.07) is 8.30. The predicted octanol–water partition coefficient (Wildman–Crippen LogP) is 0.621. The Kier molecular flexibility index (Phi) is 9.10. The molecule has 1 aromatic carbocycles. The van der Waals surface area contributed by atoms with Crippen LogP contribution in [0.1, 0.15) is 37.7 Å². The lowest BCUT2D eigenvalue weighted by atomic mass is 10.0. The van der Waals surface area contributed by atoms with Gasteiger partial charge in [-0.1, -0.05) is 30.3 Å². The second kappa shape index (κ2) is 11.6. The lowest BCUT2D eigenvalue weighted by Gasteiger charge is -2.28. The first-order chi connectivity index (χ1) is 13.6. The number of likely N-dealkylation sites (tertiary alicyclic amines) is 1. The molecule has 0 aliphatic carbocycles. The van der Waals surface area contributed by atoms with E-state index in [1.807, 2.05) is 30.3 Å². The van der Waals surface area contributed by atoms with E-state index in [0.717, 1.165) is 31.1 Å². The Morgan fingerprint density at radius 3 is 2.64 bits per heavy atom. The molecule has 1 fully saturated rings. The summed E-state index contributed by atoms with van der Waals surface area (Å²) < 4.78 is 0. The number of benzene rings is 1. The lowest BCUT2D eigenvalue weighted by Crippen LogP contribution is -2.54. The Morgan fingerprint density at radius 1 is 1.25 bits per heavy atom. The SMILES string of the molecule is CN[C@@H](Cc1ccccc1)C(=O)N[C@@H](CCCCN)C(=O)N1CCC[C@H]1C=O. The average molecular weight is 389 g/mol. The molecule has 7 heteroatoms. The molecule has 0 unspecified atom stereocenters. The molecule has 1 aliphatic rings. The zero-order chi connectivity index (χ0) is 20.4. The molecule has 2 rings (SSSR count). The highest BCUT2D eigenvalue weighted by Crippen LogP contribution is 2.18. The molecule has 154 valence electrons. The Balaban J connectivity index is 2.05. The standard InChI is InChI=1S/C21H32N4O3/c1-23-19(14-16-8-3-2-4-9-16)20(27)24-18(11-5-6-12-22)21(28)25-13-7-10-17(25)15-26/h2-4,8-9,15,17-19,23H,5-7,10-14,22H2,1H3,(H,24,27)/t17-,18-,19-/m0/s1. The van der Waals surface area contributed by atoms with Gasteiger partial charge in [0.25, 0.3) is 0 Å². The first-order valence-electron chi connectivity index (χ1n) is 10.1. The Hall–Kier alpha value is -2.25. The number of carbonyl (C=O) groups is 3. The van der Waals surface area contributed by atoms with Crippen molar-refractivity contribution >= 4 is 18.1 Å². The molecular formula is C21H32N4O3. The van der Waals surface area contributed by atoms with E-state index >= 15 is 0 Å². The van der Waals surface area contributed by atoms with Gasteiger partial charge in [0.2, 0.25) is 11.8 Å². The third-order valence-corrected chi connectivity index (χ3v) is 5.25. The molecule has 0 aromatic heterocycles. The van der Waals surface area contributed by atoms with Crippen LogP contribution in [0.15, 0.2) is 30.3 Å². The number of amides is 2. The summed E-state index contributed by atoms with van der Waals surface area (Å²) in [6.45, 7) is 1.10. The van der Waals surface area contributed by atoms with Gasteiger partial charge in [-0.2, -0.15) is 0 Å². The van der Waals surface area contributed by atoms with Crippen LogP contribution >= 0.6 is 0 Å². The van der Waals surface area contributed by atoms with E-state index < -0.39 is 12.1 Å². The first-order valence-corrected chi connectivity index (χ1v) is 10.1. The maximum atomic E-state index is 13.0. The van der Waals surface area contributed by atoms with Gasteiger partial charge in [0, 0.05) is 6.54 Å². The van der Waals surface area contributed by atoms with Gasteiger partial charge < -0.3 is 26.1 Å². The van der Waals surface area contributed by atoms with E-state index in [4.69, 9.17) is 5.73 Å². The fraction of sp³-hybridized carbons (Fsp3) is 0.571. The number of nitrogens with two attached hydrogens (primary N) is 1. The van der Waals surface area contributed by atoms with Crippen LogP contribution < -0.4 is 16.4 Å². The summed E-state index contributed by atoms with van der Waals surface area (Å²) in [7, 11) is 1.74. The van der Waals surface area contributed by atoms with Crippen molar-refractivity contribution in [3.05, 3.63) is 35.9 Å². The van der Waals surface area contributed by atoms with Gasteiger partial charge in [-0.05, 0) is 57.7 Å². The van der Waals surface area contributed by atoms with Crippen molar-refractivity contribution in [3.63, 3.8) is 0 Å². The molecule has 4 N–H and O–H groups in total. The second-order valence-electron chi connectivity index (χ2n) is 7.25. The van der Waals surface area contributed by atoms with Crippen molar-refractivity contribution in [3.8, 4) is 0 Å². The normalized spacial score (nSPS) is 18.5. The molecule has 3 atom stereocenters. The maximum absolute atomic E-state index is 13.0. The molecule has 1 aromatic rings. The predicted molar refractivity (Wildman–Crippen MR) is 109 cm³/mol. The highest BCUT2D eigenvalue weighted by atomic mass is 16.2. The number of carbonyl (C=O) groups excluding carboxylic acids is 3. The molecule has 0 radical (unpaired) electrons. The number of unbranched alkanes of at least 4 members (excludes halogenated alkanes) is 1. The van der Waals surface area contributed by atoms with E-state index in [1.54, 1.807) is 11.9 Å². The van der Waals surface area contributed by atoms with E-state index in [1.165, 1.54) is 0 Å². The van der Waals surface area contributed by atoms with Crippen molar-refractivity contribution in [2.45, 2.75) is 56.7 Å². The molecule has 7 nitrogen and oxygen atoms in total. The fourth-order valence-electron chi connectivity index (χ4n) is 3.61. The number of hydrogen-bond acceptors (Lipinski definition) is 5. The minimum absolute atomic E-state index is 0.172. The second-order valence-corrected chi connectivity index (χ2v) is 7.25. The van der Waals surface area contributed by atoms with Crippen LogP contribution in [-0.4, -0.2) is 61.3 Å². The molecule has 1 heterocycles. The van der Waals surface area contributed by atoms with Gasteiger partial charge in [-0.15, -0.1) is 0 Å². The minimum atomic E-state index is -0.633. The van der Waals surface area contributed by atoms with Gasteiger partial charge in [0.05, 0.1) is 12.1 Å². The fourth-order valence-corrected chi connectivity index (χ4v) is 3.61. The Bertz CT molecular complexity index is 638. The molecule has 0 bridgehead atoms. The van der Waals surface area contributed by atoms with Gasteiger partial charge >= 0.3 is 0 Å². The maximum Gasteiger partial charge on any atom is 0.245 e. The smallest absolute Gasteiger partial charge is 0.245 e. The van der Waals surface area contributed by atoms with Gasteiger partial charge in [0.15, 0.2) is 0 Å². The van der Waals surface area contributed by atoms with Crippen molar-refractivity contribution in [2.24, 2.45) is 5.73 Å². The van der Waals surface area contributed by atoms with Crippen LogP contribution in [0.4, 0.5) is 0 Å². The summed E-state index contributed by atoms with van der Waals surface area (Å²) in [5.41, 5.74) is 6.62. The van der Waals surface area contributed by atoms with E-state index in [0.29, 0.717) is 32.4 Å².